The Morgan fingerprint density at radius 2 is 2.06 bits per heavy atom. The minimum atomic E-state index is -4.51. The van der Waals surface area contributed by atoms with Crippen molar-refractivity contribution in [2.45, 2.75) is 6.18 Å². The first-order chi connectivity index (χ1) is 8.43. The van der Waals surface area contributed by atoms with Gasteiger partial charge in [-0.05, 0) is 12.1 Å². The highest BCUT2D eigenvalue weighted by Gasteiger charge is 2.35. The van der Waals surface area contributed by atoms with Gasteiger partial charge in [-0.2, -0.15) is 13.2 Å². The maximum Gasteiger partial charge on any atom is 0.419 e. The number of aromatic nitrogens is 1. The SMILES string of the molecule is COc1c(-c2cc(N)no2)cccc1C(F)(F)F. The molecule has 0 bridgehead atoms. The summed E-state index contributed by atoms with van der Waals surface area (Å²) < 4.78 is 48.0. The molecule has 0 atom stereocenters. The molecule has 4 nitrogen and oxygen atoms in total. The van der Waals surface area contributed by atoms with Gasteiger partial charge < -0.3 is 15.0 Å². The molecule has 2 aromatic rings. The molecule has 96 valence electrons. The number of hydrogen-bond donors (Lipinski definition) is 1. The molecule has 0 saturated heterocycles. The second-order valence-electron chi connectivity index (χ2n) is 3.50. The van der Waals surface area contributed by atoms with E-state index in [-0.39, 0.29) is 22.9 Å². The van der Waals surface area contributed by atoms with Crippen LogP contribution in [0.15, 0.2) is 28.8 Å². The number of nitrogens with two attached hydrogens (primary N) is 1. The van der Waals surface area contributed by atoms with Crippen LogP contribution in [0.1, 0.15) is 5.56 Å². The van der Waals surface area contributed by atoms with E-state index >= 15 is 0 Å². The number of hydrogen-bond acceptors (Lipinski definition) is 4. The van der Waals surface area contributed by atoms with E-state index in [1.54, 1.807) is 0 Å². The van der Waals surface area contributed by atoms with Crippen molar-refractivity contribution in [2.24, 2.45) is 0 Å². The predicted octanol–water partition coefficient (Wildman–Crippen LogP) is 2.95. The maximum absolute atomic E-state index is 12.8. The van der Waals surface area contributed by atoms with Crippen molar-refractivity contribution in [3.05, 3.63) is 29.8 Å². The number of alkyl halides is 3. The lowest BCUT2D eigenvalue weighted by atomic mass is 10.1. The molecule has 2 rings (SSSR count). The van der Waals surface area contributed by atoms with Crippen molar-refractivity contribution < 1.29 is 22.4 Å². The van der Waals surface area contributed by atoms with E-state index < -0.39 is 11.7 Å². The molecule has 18 heavy (non-hydrogen) atoms. The Morgan fingerprint density at radius 3 is 2.56 bits per heavy atom. The standard InChI is InChI=1S/C11H9F3N2O2/c1-17-10-6(8-5-9(15)16-18-8)3-2-4-7(10)11(12,13)14/h2-5H,1H3,(H2,15,16). The van der Waals surface area contributed by atoms with E-state index in [0.717, 1.165) is 13.2 Å². The van der Waals surface area contributed by atoms with Crippen LogP contribution >= 0.6 is 0 Å². The molecule has 1 aromatic carbocycles. The number of anilines is 1. The highest BCUT2D eigenvalue weighted by Crippen LogP contribution is 2.41. The third-order valence-corrected chi connectivity index (χ3v) is 2.32. The lowest BCUT2D eigenvalue weighted by molar-refractivity contribution is -0.138. The maximum atomic E-state index is 12.8. The summed E-state index contributed by atoms with van der Waals surface area (Å²) in [6, 6.07) is 4.97. The normalized spacial score (nSPS) is 11.6. The molecule has 0 unspecified atom stereocenters. The summed E-state index contributed by atoms with van der Waals surface area (Å²) in [6.45, 7) is 0. The zero-order chi connectivity index (χ0) is 13.3. The van der Waals surface area contributed by atoms with Gasteiger partial charge in [0, 0.05) is 6.07 Å². The van der Waals surface area contributed by atoms with Crippen molar-refractivity contribution in [3.63, 3.8) is 0 Å². The molecule has 0 spiro atoms. The van der Waals surface area contributed by atoms with Gasteiger partial charge in [-0.3, -0.25) is 0 Å². The molecule has 0 saturated carbocycles. The summed E-state index contributed by atoms with van der Waals surface area (Å²) in [5.74, 6) is -0.110. The van der Waals surface area contributed by atoms with E-state index in [2.05, 4.69) is 5.16 Å². The molecular weight excluding hydrogens is 249 g/mol. The quantitative estimate of drug-likeness (QED) is 0.899. The first-order valence-corrected chi connectivity index (χ1v) is 4.90. The van der Waals surface area contributed by atoms with Gasteiger partial charge in [0.25, 0.3) is 0 Å². The number of ether oxygens (including phenoxy) is 1. The number of rotatable bonds is 2. The fraction of sp³-hybridized carbons (Fsp3) is 0.182. The summed E-state index contributed by atoms with van der Waals surface area (Å²) in [4.78, 5) is 0. The molecule has 1 heterocycles. The lowest BCUT2D eigenvalue weighted by Gasteiger charge is -2.13. The van der Waals surface area contributed by atoms with Crippen LogP contribution < -0.4 is 10.5 Å². The Hall–Kier alpha value is -2.18. The predicted molar refractivity (Wildman–Crippen MR) is 57.9 cm³/mol. The third kappa shape index (κ3) is 2.11. The second-order valence-corrected chi connectivity index (χ2v) is 3.50. The number of methoxy groups -OCH3 is 1. The highest BCUT2D eigenvalue weighted by atomic mass is 19.4. The molecule has 7 heteroatoms. The van der Waals surface area contributed by atoms with E-state index in [1.165, 1.54) is 18.2 Å². The number of nitrogen functional groups attached to an aromatic ring is 1. The fourth-order valence-corrected chi connectivity index (χ4v) is 1.59. The van der Waals surface area contributed by atoms with Crippen LogP contribution in [0.5, 0.6) is 5.75 Å². The second kappa shape index (κ2) is 4.25. The molecule has 0 aliphatic rings. The van der Waals surface area contributed by atoms with Crippen LogP contribution in [0.3, 0.4) is 0 Å². The van der Waals surface area contributed by atoms with Crippen LogP contribution in [-0.2, 0) is 6.18 Å². The van der Waals surface area contributed by atoms with Crippen LogP contribution in [0.2, 0.25) is 0 Å². The first-order valence-electron chi connectivity index (χ1n) is 4.90. The minimum Gasteiger partial charge on any atom is -0.495 e. The van der Waals surface area contributed by atoms with E-state index in [0.29, 0.717) is 0 Å². The smallest absolute Gasteiger partial charge is 0.419 e. The van der Waals surface area contributed by atoms with Crippen molar-refractivity contribution in [3.8, 4) is 17.1 Å². The molecule has 0 aliphatic heterocycles. The van der Waals surface area contributed by atoms with Crippen molar-refractivity contribution in [2.75, 3.05) is 12.8 Å². The molecule has 2 N–H and O–H groups in total. The van der Waals surface area contributed by atoms with Gasteiger partial charge in [0.15, 0.2) is 11.6 Å². The van der Waals surface area contributed by atoms with Crippen LogP contribution in [0, 0.1) is 0 Å². The average Bonchev–Trinajstić information content (AvgIpc) is 2.73. The summed E-state index contributed by atoms with van der Waals surface area (Å²) in [5.41, 5.74) is 4.64. The number of nitrogens with zero attached hydrogens (tertiary/aromatic N) is 1. The van der Waals surface area contributed by atoms with Gasteiger partial charge in [0.2, 0.25) is 0 Å². The Bertz CT molecular complexity index is 564. The lowest BCUT2D eigenvalue weighted by Crippen LogP contribution is -2.08. The Morgan fingerprint density at radius 1 is 1.33 bits per heavy atom. The molecular formula is C11H9F3N2O2. The van der Waals surface area contributed by atoms with Gasteiger partial charge in [0.1, 0.15) is 5.75 Å². The highest BCUT2D eigenvalue weighted by molar-refractivity contribution is 5.69. The van der Waals surface area contributed by atoms with Crippen molar-refractivity contribution in [1.29, 1.82) is 0 Å². The summed E-state index contributed by atoms with van der Waals surface area (Å²) in [5, 5.41) is 3.43. The van der Waals surface area contributed by atoms with Crippen LogP contribution in [0.4, 0.5) is 19.0 Å². The third-order valence-electron chi connectivity index (χ3n) is 2.32. The molecule has 0 radical (unpaired) electrons. The van der Waals surface area contributed by atoms with Gasteiger partial charge in [0.05, 0.1) is 18.2 Å². The van der Waals surface area contributed by atoms with Gasteiger partial charge in [-0.15, -0.1) is 0 Å². The average molecular weight is 258 g/mol. The van der Waals surface area contributed by atoms with Crippen LogP contribution in [-0.4, -0.2) is 12.3 Å². The summed E-state index contributed by atoms with van der Waals surface area (Å²) in [6.07, 6.45) is -4.51. The Balaban J connectivity index is 2.62. The van der Waals surface area contributed by atoms with Gasteiger partial charge >= 0.3 is 6.18 Å². The zero-order valence-electron chi connectivity index (χ0n) is 9.28. The molecule has 1 aromatic heterocycles. The molecule has 0 amide bonds. The first kappa shape index (κ1) is 12.3. The Kier molecular flexibility index (Phi) is 2.90. The van der Waals surface area contributed by atoms with Gasteiger partial charge in [-0.1, -0.05) is 11.2 Å². The Labute approximate surface area is 100 Å². The van der Waals surface area contributed by atoms with E-state index in [4.69, 9.17) is 15.0 Å². The van der Waals surface area contributed by atoms with Crippen LogP contribution in [0.25, 0.3) is 11.3 Å². The van der Waals surface area contributed by atoms with Crippen molar-refractivity contribution >= 4 is 5.82 Å². The number of benzene rings is 1. The van der Waals surface area contributed by atoms with E-state index in [1.807, 2.05) is 0 Å². The van der Waals surface area contributed by atoms with Gasteiger partial charge in [-0.25, -0.2) is 0 Å². The largest absolute Gasteiger partial charge is 0.495 e. The summed E-state index contributed by atoms with van der Waals surface area (Å²) >= 11 is 0. The fourth-order valence-electron chi connectivity index (χ4n) is 1.59. The molecule has 0 aliphatic carbocycles. The summed E-state index contributed by atoms with van der Waals surface area (Å²) in [7, 11) is 1.16. The monoisotopic (exact) mass is 258 g/mol. The number of halogens is 3. The van der Waals surface area contributed by atoms with E-state index in [9.17, 15) is 13.2 Å². The number of para-hydroxylation sites is 1. The van der Waals surface area contributed by atoms with Crippen molar-refractivity contribution in [1.82, 2.24) is 5.16 Å². The topological polar surface area (TPSA) is 61.3 Å². The zero-order valence-corrected chi connectivity index (χ0v) is 9.28. The molecule has 0 fully saturated rings. The minimum absolute atomic E-state index is 0.0875.